The SMILES string of the molecule is COc1cc(CCl)nc(NC(=O)OC(C)(C)C)n1. The van der Waals surface area contributed by atoms with Gasteiger partial charge in [-0.1, -0.05) is 0 Å². The molecule has 18 heavy (non-hydrogen) atoms. The van der Waals surface area contributed by atoms with E-state index in [0.717, 1.165) is 0 Å². The predicted octanol–water partition coefficient (Wildman–Crippen LogP) is 2.57. The number of carbonyl (C=O) groups excluding carboxylic acids is 1. The lowest BCUT2D eigenvalue weighted by Crippen LogP contribution is -2.27. The summed E-state index contributed by atoms with van der Waals surface area (Å²) in [5, 5.41) is 2.43. The van der Waals surface area contributed by atoms with Gasteiger partial charge in [0, 0.05) is 6.07 Å². The molecule has 7 heteroatoms. The Hall–Kier alpha value is -1.56. The summed E-state index contributed by atoms with van der Waals surface area (Å²) in [7, 11) is 1.47. The number of rotatable bonds is 3. The molecule has 0 bridgehead atoms. The Balaban J connectivity index is 2.80. The molecule has 0 spiro atoms. The number of aromatic nitrogens is 2. The number of hydrogen-bond acceptors (Lipinski definition) is 5. The van der Waals surface area contributed by atoms with Crippen molar-refractivity contribution in [2.45, 2.75) is 32.3 Å². The maximum absolute atomic E-state index is 11.5. The highest BCUT2D eigenvalue weighted by atomic mass is 35.5. The smallest absolute Gasteiger partial charge is 0.414 e. The maximum atomic E-state index is 11.5. The van der Waals surface area contributed by atoms with Crippen LogP contribution in [0.3, 0.4) is 0 Å². The topological polar surface area (TPSA) is 73.3 Å². The number of carbonyl (C=O) groups is 1. The van der Waals surface area contributed by atoms with Crippen LogP contribution in [0.5, 0.6) is 5.88 Å². The van der Waals surface area contributed by atoms with E-state index in [1.54, 1.807) is 26.8 Å². The molecule has 0 aliphatic rings. The van der Waals surface area contributed by atoms with Gasteiger partial charge in [-0.15, -0.1) is 11.6 Å². The van der Waals surface area contributed by atoms with E-state index in [0.29, 0.717) is 11.6 Å². The van der Waals surface area contributed by atoms with Crippen molar-refractivity contribution < 1.29 is 14.3 Å². The zero-order chi connectivity index (χ0) is 13.8. The average Bonchev–Trinajstić information content (AvgIpc) is 2.25. The fraction of sp³-hybridized carbons (Fsp3) is 0.545. The normalized spacial score (nSPS) is 10.9. The van der Waals surface area contributed by atoms with Gasteiger partial charge in [0.2, 0.25) is 11.8 Å². The Morgan fingerprint density at radius 3 is 2.61 bits per heavy atom. The third-order valence-electron chi connectivity index (χ3n) is 1.71. The van der Waals surface area contributed by atoms with E-state index in [-0.39, 0.29) is 11.8 Å². The van der Waals surface area contributed by atoms with Gasteiger partial charge < -0.3 is 9.47 Å². The first-order valence-corrected chi connectivity index (χ1v) is 5.85. The quantitative estimate of drug-likeness (QED) is 0.857. The van der Waals surface area contributed by atoms with Crippen LogP contribution in [0.2, 0.25) is 0 Å². The highest BCUT2D eigenvalue weighted by Crippen LogP contribution is 2.14. The molecule has 0 radical (unpaired) electrons. The lowest BCUT2D eigenvalue weighted by atomic mass is 10.2. The predicted molar refractivity (Wildman–Crippen MR) is 68.0 cm³/mol. The fourth-order valence-corrected chi connectivity index (χ4v) is 1.23. The molecule has 100 valence electrons. The molecular formula is C11H16ClN3O3. The highest BCUT2D eigenvalue weighted by Gasteiger charge is 2.17. The number of alkyl halides is 1. The molecule has 0 aromatic carbocycles. The number of amides is 1. The molecule has 0 aliphatic carbocycles. The number of hydrogen-bond donors (Lipinski definition) is 1. The third kappa shape index (κ3) is 4.75. The summed E-state index contributed by atoms with van der Waals surface area (Å²) >= 11 is 5.68. The van der Waals surface area contributed by atoms with Crippen molar-refractivity contribution in [2.75, 3.05) is 12.4 Å². The summed E-state index contributed by atoms with van der Waals surface area (Å²) < 4.78 is 10.1. The standard InChI is InChI=1S/C11H16ClN3O3/c1-11(2,3)18-10(16)15-9-13-7(6-12)5-8(14-9)17-4/h5H,6H2,1-4H3,(H,13,14,15,16). The number of nitrogens with one attached hydrogen (secondary N) is 1. The van der Waals surface area contributed by atoms with Crippen LogP contribution in [0.4, 0.5) is 10.7 Å². The first kappa shape index (κ1) is 14.5. The molecule has 0 saturated heterocycles. The van der Waals surface area contributed by atoms with Gasteiger partial charge in [0.15, 0.2) is 0 Å². The second-order valence-electron chi connectivity index (χ2n) is 4.49. The minimum Gasteiger partial charge on any atom is -0.481 e. The summed E-state index contributed by atoms with van der Waals surface area (Å²) in [5.41, 5.74) is -0.0345. The van der Waals surface area contributed by atoms with Crippen LogP contribution in [-0.4, -0.2) is 28.8 Å². The van der Waals surface area contributed by atoms with Gasteiger partial charge in [0.1, 0.15) is 5.60 Å². The average molecular weight is 274 g/mol. The van der Waals surface area contributed by atoms with Gasteiger partial charge in [-0.05, 0) is 20.8 Å². The second kappa shape index (κ2) is 5.86. The van der Waals surface area contributed by atoms with Crippen LogP contribution < -0.4 is 10.1 Å². The van der Waals surface area contributed by atoms with Crippen LogP contribution in [0.25, 0.3) is 0 Å². The zero-order valence-corrected chi connectivity index (χ0v) is 11.5. The Labute approximate surface area is 111 Å². The molecule has 0 aliphatic heterocycles. The van der Waals surface area contributed by atoms with Gasteiger partial charge >= 0.3 is 6.09 Å². The Bertz CT molecular complexity index is 410. The van der Waals surface area contributed by atoms with E-state index in [4.69, 9.17) is 21.1 Å². The number of anilines is 1. The van der Waals surface area contributed by atoms with Gasteiger partial charge in [0.05, 0.1) is 18.7 Å². The first-order valence-electron chi connectivity index (χ1n) is 5.32. The Kier molecular flexibility index (Phi) is 4.72. The molecule has 0 atom stereocenters. The largest absolute Gasteiger partial charge is 0.481 e. The van der Waals surface area contributed by atoms with E-state index in [9.17, 15) is 4.79 Å². The molecule has 0 saturated carbocycles. The van der Waals surface area contributed by atoms with Crippen molar-refractivity contribution in [1.82, 2.24) is 9.97 Å². The maximum Gasteiger partial charge on any atom is 0.414 e. The Morgan fingerprint density at radius 1 is 1.44 bits per heavy atom. The molecule has 1 amide bonds. The highest BCUT2D eigenvalue weighted by molar-refractivity contribution is 6.16. The van der Waals surface area contributed by atoms with Gasteiger partial charge in [-0.2, -0.15) is 4.98 Å². The van der Waals surface area contributed by atoms with Crippen LogP contribution in [0.1, 0.15) is 26.5 Å². The second-order valence-corrected chi connectivity index (χ2v) is 4.75. The van der Waals surface area contributed by atoms with E-state index in [1.807, 2.05) is 0 Å². The van der Waals surface area contributed by atoms with Gasteiger partial charge in [-0.3, -0.25) is 5.32 Å². The molecule has 1 rings (SSSR count). The van der Waals surface area contributed by atoms with E-state index in [2.05, 4.69) is 15.3 Å². The zero-order valence-electron chi connectivity index (χ0n) is 10.8. The molecular weight excluding hydrogens is 258 g/mol. The first-order chi connectivity index (χ1) is 8.34. The van der Waals surface area contributed by atoms with Crippen LogP contribution >= 0.6 is 11.6 Å². The van der Waals surface area contributed by atoms with Crippen molar-refractivity contribution in [3.8, 4) is 5.88 Å². The van der Waals surface area contributed by atoms with Crippen LogP contribution in [0, 0.1) is 0 Å². The van der Waals surface area contributed by atoms with Gasteiger partial charge in [-0.25, -0.2) is 9.78 Å². The summed E-state index contributed by atoms with van der Waals surface area (Å²) in [6, 6.07) is 1.59. The molecule has 1 aromatic rings. The summed E-state index contributed by atoms with van der Waals surface area (Å²) in [6.07, 6.45) is -0.628. The lowest BCUT2D eigenvalue weighted by Gasteiger charge is -2.19. The van der Waals surface area contributed by atoms with Crippen molar-refractivity contribution in [2.24, 2.45) is 0 Å². The van der Waals surface area contributed by atoms with Crippen molar-refractivity contribution in [1.29, 1.82) is 0 Å². The minimum atomic E-state index is -0.628. The van der Waals surface area contributed by atoms with Crippen LogP contribution in [-0.2, 0) is 10.6 Å². The van der Waals surface area contributed by atoms with E-state index < -0.39 is 11.7 Å². The van der Waals surface area contributed by atoms with Crippen LogP contribution in [0.15, 0.2) is 6.07 Å². The van der Waals surface area contributed by atoms with E-state index >= 15 is 0 Å². The third-order valence-corrected chi connectivity index (χ3v) is 1.99. The molecule has 1 heterocycles. The molecule has 1 aromatic heterocycles. The molecule has 0 unspecified atom stereocenters. The molecule has 1 N–H and O–H groups in total. The van der Waals surface area contributed by atoms with Crippen molar-refractivity contribution in [3.05, 3.63) is 11.8 Å². The van der Waals surface area contributed by atoms with E-state index in [1.165, 1.54) is 7.11 Å². The lowest BCUT2D eigenvalue weighted by molar-refractivity contribution is 0.0634. The fourth-order valence-electron chi connectivity index (χ4n) is 1.10. The van der Waals surface area contributed by atoms with Gasteiger partial charge in [0.25, 0.3) is 0 Å². The number of ether oxygens (including phenoxy) is 2. The summed E-state index contributed by atoms with van der Waals surface area (Å²) in [4.78, 5) is 19.5. The van der Waals surface area contributed by atoms with Crippen molar-refractivity contribution >= 4 is 23.6 Å². The monoisotopic (exact) mass is 273 g/mol. The number of nitrogens with zero attached hydrogens (tertiary/aromatic N) is 2. The molecule has 6 nitrogen and oxygen atoms in total. The Morgan fingerprint density at radius 2 is 2.11 bits per heavy atom. The molecule has 0 fully saturated rings. The summed E-state index contributed by atoms with van der Waals surface area (Å²) in [6.45, 7) is 5.30. The van der Waals surface area contributed by atoms with Crippen molar-refractivity contribution in [3.63, 3.8) is 0 Å². The minimum absolute atomic E-state index is 0.0965. The summed E-state index contributed by atoms with van der Waals surface area (Å²) in [5.74, 6) is 0.618. The number of halogens is 1. The number of methoxy groups -OCH3 is 1.